The minimum atomic E-state index is -1.67. The van der Waals surface area contributed by atoms with E-state index in [1.54, 1.807) is 24.4 Å². The number of nitriles is 1. The van der Waals surface area contributed by atoms with Gasteiger partial charge in [-0.15, -0.1) is 0 Å². The summed E-state index contributed by atoms with van der Waals surface area (Å²) >= 11 is 13.6. The number of alkyl halides is 1. The number of likely N-dealkylation sites (tertiary alicyclic amines) is 2. The van der Waals surface area contributed by atoms with E-state index in [0.29, 0.717) is 45.1 Å². The molecule has 0 radical (unpaired) electrons. The third kappa shape index (κ3) is 5.86. The number of hydrogen-bond acceptors (Lipinski definition) is 6. The summed E-state index contributed by atoms with van der Waals surface area (Å²) in [6.07, 6.45) is 2.67. The van der Waals surface area contributed by atoms with Crippen molar-refractivity contribution in [3.05, 3.63) is 64.5 Å². The van der Waals surface area contributed by atoms with Gasteiger partial charge in [-0.1, -0.05) is 53.5 Å². The summed E-state index contributed by atoms with van der Waals surface area (Å²) in [6, 6.07) is 14.3. The van der Waals surface area contributed by atoms with Crippen molar-refractivity contribution in [3.63, 3.8) is 0 Å². The molecule has 49 heavy (non-hydrogen) atoms. The van der Waals surface area contributed by atoms with E-state index < -0.39 is 23.9 Å². The van der Waals surface area contributed by atoms with Crippen LogP contribution in [0.4, 0.5) is 8.78 Å². The van der Waals surface area contributed by atoms with Gasteiger partial charge in [-0.25, -0.2) is 13.8 Å². The van der Waals surface area contributed by atoms with Gasteiger partial charge in [0.2, 0.25) is 5.88 Å². The average molecular weight is 706 g/mol. The van der Waals surface area contributed by atoms with E-state index in [-0.39, 0.29) is 53.1 Å². The quantitative estimate of drug-likeness (QED) is 0.169. The Hall–Kier alpha value is -4.04. The van der Waals surface area contributed by atoms with Crippen molar-refractivity contribution in [3.8, 4) is 23.1 Å². The molecule has 1 amide bonds. The lowest BCUT2D eigenvalue weighted by Gasteiger charge is -2.39. The standard InChI is InChI=1S/C37H36Cl2F2N6O2/c1-20(40)37(48)46-16-13-24(17-23(46)12-14-42)47-35-26-18-29(39)32(25-9-4-7-22-8-5-10-28(38)31(22)25)33(41)34(26)44-36(27(35)19-43-47)49-21(2)30-11-6-15-45(30)3/h4-5,7-10,18-21,23-24,30H,6,11-13,15-17H2,1-3H3/t20?,21-,23+,24-,30-/m0/s1. The number of benzene rings is 3. The molecular weight excluding hydrogens is 669 g/mol. The van der Waals surface area contributed by atoms with Gasteiger partial charge in [0.25, 0.3) is 5.91 Å². The van der Waals surface area contributed by atoms with Gasteiger partial charge < -0.3 is 9.64 Å². The van der Waals surface area contributed by atoms with Gasteiger partial charge >= 0.3 is 0 Å². The number of piperidine rings is 1. The number of carbonyl (C=O) groups excluding carboxylic acids is 1. The van der Waals surface area contributed by atoms with E-state index in [9.17, 15) is 14.4 Å². The van der Waals surface area contributed by atoms with Crippen LogP contribution in [-0.2, 0) is 4.79 Å². The summed E-state index contributed by atoms with van der Waals surface area (Å²) in [4.78, 5) is 21.2. The van der Waals surface area contributed by atoms with Gasteiger partial charge in [-0.3, -0.25) is 14.4 Å². The van der Waals surface area contributed by atoms with Gasteiger partial charge in [0, 0.05) is 40.0 Å². The Labute approximate surface area is 293 Å². The molecular formula is C37H36Cl2F2N6O2. The highest BCUT2D eigenvalue weighted by Crippen LogP contribution is 2.44. The van der Waals surface area contributed by atoms with Crippen LogP contribution in [0.15, 0.2) is 48.7 Å². The van der Waals surface area contributed by atoms with E-state index in [1.165, 1.54) is 11.8 Å². The maximum absolute atomic E-state index is 17.1. The zero-order valence-electron chi connectivity index (χ0n) is 27.5. The molecule has 1 unspecified atom stereocenters. The first-order valence-corrected chi connectivity index (χ1v) is 17.4. The number of ether oxygens (including phenoxy) is 1. The van der Waals surface area contributed by atoms with Crippen molar-refractivity contribution < 1.29 is 18.3 Å². The largest absolute Gasteiger partial charge is 0.472 e. The van der Waals surface area contributed by atoms with E-state index >= 15 is 4.39 Å². The molecule has 0 bridgehead atoms. The molecule has 5 aromatic rings. The highest BCUT2D eigenvalue weighted by molar-refractivity contribution is 6.38. The summed E-state index contributed by atoms with van der Waals surface area (Å²) in [6.45, 7) is 4.43. The first kappa shape index (κ1) is 33.5. The van der Waals surface area contributed by atoms with Crippen LogP contribution in [0.2, 0.25) is 10.0 Å². The topological polar surface area (TPSA) is 87.3 Å². The maximum atomic E-state index is 17.1. The molecule has 0 saturated carbocycles. The lowest BCUT2D eigenvalue weighted by Crippen LogP contribution is -2.48. The average Bonchev–Trinajstić information content (AvgIpc) is 3.72. The van der Waals surface area contributed by atoms with Crippen molar-refractivity contribution >= 4 is 61.7 Å². The molecule has 5 atom stereocenters. The lowest BCUT2D eigenvalue weighted by molar-refractivity contribution is -0.140. The summed E-state index contributed by atoms with van der Waals surface area (Å²) in [5.41, 5.74) is 1.40. The number of carbonyl (C=O) groups is 1. The second kappa shape index (κ2) is 13.3. The molecule has 2 aliphatic rings. The van der Waals surface area contributed by atoms with Crippen LogP contribution >= 0.6 is 23.2 Å². The Morgan fingerprint density at radius 3 is 2.61 bits per heavy atom. The number of hydrogen-bond donors (Lipinski definition) is 0. The molecule has 0 aliphatic carbocycles. The fourth-order valence-corrected chi connectivity index (χ4v) is 8.40. The molecule has 4 heterocycles. The minimum absolute atomic E-state index is 0.0503. The van der Waals surface area contributed by atoms with Crippen LogP contribution in [0.3, 0.4) is 0 Å². The molecule has 254 valence electrons. The van der Waals surface area contributed by atoms with Gasteiger partial charge in [-0.05, 0) is 76.2 Å². The number of aromatic nitrogens is 3. The molecule has 12 heteroatoms. The van der Waals surface area contributed by atoms with Crippen LogP contribution in [0, 0.1) is 17.1 Å². The van der Waals surface area contributed by atoms with E-state index in [2.05, 4.69) is 18.0 Å². The molecule has 0 spiro atoms. The predicted octanol–water partition coefficient (Wildman–Crippen LogP) is 8.52. The predicted molar refractivity (Wildman–Crippen MR) is 188 cm³/mol. The SMILES string of the molecule is CC(F)C(=O)N1CC[C@H](n2ncc3c(O[C@@H](C)[C@@H]4CCCN4C)nc4c(F)c(-c5cccc6cccc(Cl)c56)c(Cl)cc4c32)C[C@H]1CC#N. The summed E-state index contributed by atoms with van der Waals surface area (Å²) in [7, 11) is 2.07. The Morgan fingerprint density at radius 1 is 1.12 bits per heavy atom. The normalized spacial score (nSPS) is 21.3. The minimum Gasteiger partial charge on any atom is -0.472 e. The van der Waals surface area contributed by atoms with Gasteiger partial charge in [0.1, 0.15) is 11.6 Å². The van der Waals surface area contributed by atoms with Gasteiger partial charge in [0.15, 0.2) is 12.0 Å². The highest BCUT2D eigenvalue weighted by atomic mass is 35.5. The Balaban J connectivity index is 1.42. The number of halogens is 4. The fraction of sp³-hybridized carbons (Fsp3) is 0.405. The zero-order valence-corrected chi connectivity index (χ0v) is 29.0. The first-order valence-electron chi connectivity index (χ1n) is 16.6. The molecule has 7 rings (SSSR count). The third-order valence-corrected chi connectivity index (χ3v) is 10.8. The Bertz CT molecular complexity index is 2130. The molecule has 2 fully saturated rings. The number of fused-ring (bicyclic) bond motifs is 4. The van der Waals surface area contributed by atoms with Crippen LogP contribution in [0.25, 0.3) is 43.7 Å². The van der Waals surface area contributed by atoms with Crippen LogP contribution < -0.4 is 4.74 Å². The first-order chi connectivity index (χ1) is 23.6. The number of likely N-dealkylation sites (N-methyl/N-ethyl adjacent to an activating group) is 1. The lowest BCUT2D eigenvalue weighted by atomic mass is 9.94. The third-order valence-electron chi connectivity index (χ3n) is 10.2. The van der Waals surface area contributed by atoms with E-state index in [1.807, 2.05) is 35.9 Å². The molecule has 0 N–H and O–H groups in total. The van der Waals surface area contributed by atoms with E-state index in [4.69, 9.17) is 38.0 Å². The van der Waals surface area contributed by atoms with Gasteiger partial charge in [0.05, 0.1) is 40.7 Å². The monoisotopic (exact) mass is 704 g/mol. The maximum Gasteiger partial charge on any atom is 0.257 e. The number of nitrogens with zero attached hydrogens (tertiary/aromatic N) is 6. The molecule has 8 nitrogen and oxygen atoms in total. The van der Waals surface area contributed by atoms with E-state index in [0.717, 1.165) is 24.8 Å². The van der Waals surface area contributed by atoms with Gasteiger partial charge in [-0.2, -0.15) is 10.4 Å². The van der Waals surface area contributed by atoms with Crippen molar-refractivity contribution in [2.45, 2.75) is 76.4 Å². The second-order valence-electron chi connectivity index (χ2n) is 13.2. The Morgan fingerprint density at radius 2 is 1.90 bits per heavy atom. The van der Waals surface area contributed by atoms with Crippen LogP contribution in [0.5, 0.6) is 5.88 Å². The highest BCUT2D eigenvalue weighted by Gasteiger charge is 2.36. The molecule has 2 aliphatic heterocycles. The smallest absolute Gasteiger partial charge is 0.257 e. The molecule has 2 aromatic heterocycles. The summed E-state index contributed by atoms with van der Waals surface area (Å²) in [5, 5.41) is 17.6. The summed E-state index contributed by atoms with van der Waals surface area (Å²) in [5.74, 6) is -0.980. The number of amides is 1. The summed E-state index contributed by atoms with van der Waals surface area (Å²) < 4.78 is 39.6. The number of rotatable bonds is 7. The molecule has 3 aromatic carbocycles. The van der Waals surface area contributed by atoms with Crippen molar-refractivity contribution in [2.75, 3.05) is 20.1 Å². The molecule has 2 saturated heterocycles. The number of pyridine rings is 1. The van der Waals surface area contributed by atoms with Crippen LogP contribution in [0.1, 0.15) is 52.0 Å². The zero-order chi connectivity index (χ0) is 34.6. The van der Waals surface area contributed by atoms with Crippen molar-refractivity contribution in [1.82, 2.24) is 24.6 Å². The second-order valence-corrected chi connectivity index (χ2v) is 14.0. The van der Waals surface area contributed by atoms with Crippen LogP contribution in [-0.4, -0.2) is 75.0 Å². The van der Waals surface area contributed by atoms with Crippen molar-refractivity contribution in [2.24, 2.45) is 0 Å². The van der Waals surface area contributed by atoms with Crippen molar-refractivity contribution in [1.29, 1.82) is 5.26 Å². The Kier molecular flexibility index (Phi) is 9.11. The fourth-order valence-electron chi connectivity index (χ4n) is 7.82.